The third-order valence-electron chi connectivity index (χ3n) is 3.01. The minimum Gasteiger partial charge on any atom is -0.340 e. The predicted octanol–water partition coefficient (Wildman–Crippen LogP) is 3.71. The lowest BCUT2D eigenvalue weighted by molar-refractivity contribution is -0.114. The summed E-state index contributed by atoms with van der Waals surface area (Å²) >= 11 is 0. The van der Waals surface area contributed by atoms with Gasteiger partial charge in [0.15, 0.2) is 0 Å². The third-order valence-corrected chi connectivity index (χ3v) is 3.01. The van der Waals surface area contributed by atoms with Gasteiger partial charge in [0.1, 0.15) is 5.82 Å². The second-order valence-corrected chi connectivity index (χ2v) is 5.01. The van der Waals surface area contributed by atoms with Crippen LogP contribution in [0.5, 0.6) is 0 Å². The van der Waals surface area contributed by atoms with Gasteiger partial charge in [-0.3, -0.25) is 4.79 Å². The van der Waals surface area contributed by atoms with E-state index in [1.165, 1.54) is 23.6 Å². The molecule has 0 aliphatic rings. The largest absolute Gasteiger partial charge is 0.340 e. The van der Waals surface area contributed by atoms with Crippen LogP contribution in [0, 0.1) is 20.8 Å². The molecule has 1 aromatic heterocycles. The minimum absolute atomic E-state index is 0.0993. The van der Waals surface area contributed by atoms with Gasteiger partial charge in [0.2, 0.25) is 5.91 Å². The number of nitrogens with zero attached hydrogens (tertiary/aromatic N) is 1. The van der Waals surface area contributed by atoms with Crippen molar-refractivity contribution in [3.8, 4) is 0 Å². The molecule has 104 valence electrons. The number of aryl methyl sites for hydroxylation is 3. The van der Waals surface area contributed by atoms with Gasteiger partial charge in [0.25, 0.3) is 0 Å². The summed E-state index contributed by atoms with van der Waals surface area (Å²) in [6.07, 6.45) is 1.64. The molecule has 4 heteroatoms. The van der Waals surface area contributed by atoms with E-state index in [-0.39, 0.29) is 5.91 Å². The third kappa shape index (κ3) is 3.35. The molecule has 1 amide bonds. The SMILES string of the molecule is CC(=O)Nc1ccc(Nc2c(C)cc(C)cc2C)nc1. The molecule has 0 atom stereocenters. The maximum absolute atomic E-state index is 11.0. The molecule has 0 unspecified atom stereocenters. The number of nitrogens with one attached hydrogen (secondary N) is 2. The van der Waals surface area contributed by atoms with Crippen molar-refractivity contribution in [2.45, 2.75) is 27.7 Å². The van der Waals surface area contributed by atoms with Crippen LogP contribution in [-0.2, 0) is 4.79 Å². The van der Waals surface area contributed by atoms with Crippen LogP contribution in [0.3, 0.4) is 0 Å². The molecule has 0 saturated heterocycles. The first-order chi connectivity index (χ1) is 9.45. The Balaban J connectivity index is 2.20. The van der Waals surface area contributed by atoms with Crippen molar-refractivity contribution >= 4 is 23.1 Å². The van der Waals surface area contributed by atoms with E-state index in [9.17, 15) is 4.79 Å². The van der Waals surface area contributed by atoms with Gasteiger partial charge in [0, 0.05) is 12.6 Å². The van der Waals surface area contributed by atoms with Crippen molar-refractivity contribution in [2.75, 3.05) is 10.6 Å². The first-order valence-corrected chi connectivity index (χ1v) is 6.54. The highest BCUT2D eigenvalue weighted by Crippen LogP contribution is 2.25. The average molecular weight is 269 g/mol. The molecular weight excluding hydrogens is 250 g/mol. The van der Waals surface area contributed by atoms with E-state index in [1.54, 1.807) is 6.20 Å². The Morgan fingerprint density at radius 2 is 1.75 bits per heavy atom. The Labute approximate surface area is 119 Å². The van der Waals surface area contributed by atoms with Gasteiger partial charge in [-0.2, -0.15) is 0 Å². The number of anilines is 3. The van der Waals surface area contributed by atoms with Gasteiger partial charge in [0.05, 0.1) is 11.9 Å². The zero-order valence-electron chi connectivity index (χ0n) is 12.2. The summed E-state index contributed by atoms with van der Waals surface area (Å²) in [6.45, 7) is 7.72. The van der Waals surface area contributed by atoms with Crippen LogP contribution in [0.2, 0.25) is 0 Å². The number of hydrogen-bond acceptors (Lipinski definition) is 3. The Bertz CT molecular complexity index is 610. The van der Waals surface area contributed by atoms with Gasteiger partial charge >= 0.3 is 0 Å². The van der Waals surface area contributed by atoms with E-state index in [0.29, 0.717) is 5.69 Å². The van der Waals surface area contributed by atoms with E-state index in [1.807, 2.05) is 12.1 Å². The maximum Gasteiger partial charge on any atom is 0.221 e. The normalized spacial score (nSPS) is 10.2. The van der Waals surface area contributed by atoms with Crippen molar-refractivity contribution in [1.82, 2.24) is 4.98 Å². The summed E-state index contributed by atoms with van der Waals surface area (Å²) in [6, 6.07) is 7.96. The van der Waals surface area contributed by atoms with E-state index >= 15 is 0 Å². The zero-order valence-corrected chi connectivity index (χ0v) is 12.2. The number of carbonyl (C=O) groups is 1. The Morgan fingerprint density at radius 3 is 2.25 bits per heavy atom. The number of amides is 1. The summed E-state index contributed by atoms with van der Waals surface area (Å²) in [5.41, 5.74) is 5.40. The van der Waals surface area contributed by atoms with Crippen molar-refractivity contribution in [2.24, 2.45) is 0 Å². The average Bonchev–Trinajstić information content (AvgIpc) is 2.35. The molecule has 0 radical (unpaired) electrons. The van der Waals surface area contributed by atoms with Crippen LogP contribution < -0.4 is 10.6 Å². The monoisotopic (exact) mass is 269 g/mol. The number of carbonyl (C=O) groups excluding carboxylic acids is 1. The van der Waals surface area contributed by atoms with Gasteiger partial charge in [-0.15, -0.1) is 0 Å². The number of rotatable bonds is 3. The van der Waals surface area contributed by atoms with E-state index in [0.717, 1.165) is 11.5 Å². The predicted molar refractivity (Wildman–Crippen MR) is 82.5 cm³/mol. The number of hydrogen-bond donors (Lipinski definition) is 2. The molecule has 0 spiro atoms. The summed E-state index contributed by atoms with van der Waals surface area (Å²) < 4.78 is 0. The topological polar surface area (TPSA) is 54.0 Å². The Kier molecular flexibility index (Phi) is 4.03. The first kappa shape index (κ1) is 14.1. The molecule has 0 fully saturated rings. The van der Waals surface area contributed by atoms with Gasteiger partial charge in [-0.25, -0.2) is 4.98 Å². The van der Waals surface area contributed by atoms with Gasteiger partial charge in [-0.1, -0.05) is 17.7 Å². The second kappa shape index (κ2) is 5.74. The molecule has 2 rings (SSSR count). The lowest BCUT2D eigenvalue weighted by Crippen LogP contribution is -2.06. The molecule has 1 aromatic carbocycles. The fourth-order valence-corrected chi connectivity index (χ4v) is 2.25. The summed E-state index contributed by atoms with van der Waals surface area (Å²) in [5.74, 6) is 0.659. The van der Waals surface area contributed by atoms with Crippen molar-refractivity contribution < 1.29 is 4.79 Å². The van der Waals surface area contributed by atoms with Gasteiger partial charge in [-0.05, 0) is 44.0 Å². The molecule has 2 N–H and O–H groups in total. The quantitative estimate of drug-likeness (QED) is 0.893. The molecule has 1 heterocycles. The molecular formula is C16H19N3O. The van der Waals surface area contributed by atoms with Crippen molar-refractivity contribution in [3.05, 3.63) is 47.2 Å². The molecule has 0 bridgehead atoms. The standard InChI is InChI=1S/C16H19N3O/c1-10-7-11(2)16(12(3)8-10)19-15-6-5-14(9-17-15)18-13(4)20/h5-9H,1-4H3,(H,17,19)(H,18,20). The highest BCUT2D eigenvalue weighted by Gasteiger charge is 2.05. The first-order valence-electron chi connectivity index (χ1n) is 6.54. The smallest absolute Gasteiger partial charge is 0.221 e. The highest BCUT2D eigenvalue weighted by atomic mass is 16.1. The van der Waals surface area contributed by atoms with Crippen LogP contribution in [-0.4, -0.2) is 10.9 Å². The summed E-state index contributed by atoms with van der Waals surface area (Å²) in [5, 5.41) is 6.02. The van der Waals surface area contributed by atoms with Crippen LogP contribution in [0.1, 0.15) is 23.6 Å². The van der Waals surface area contributed by atoms with E-state index in [2.05, 4.69) is 48.5 Å². The Hall–Kier alpha value is -2.36. The van der Waals surface area contributed by atoms with E-state index in [4.69, 9.17) is 0 Å². The number of pyridine rings is 1. The van der Waals surface area contributed by atoms with Crippen molar-refractivity contribution in [3.63, 3.8) is 0 Å². The molecule has 4 nitrogen and oxygen atoms in total. The maximum atomic E-state index is 11.0. The molecule has 0 aliphatic heterocycles. The lowest BCUT2D eigenvalue weighted by atomic mass is 10.1. The second-order valence-electron chi connectivity index (χ2n) is 5.01. The summed E-state index contributed by atoms with van der Waals surface area (Å²) in [4.78, 5) is 15.3. The summed E-state index contributed by atoms with van der Waals surface area (Å²) in [7, 11) is 0. The highest BCUT2D eigenvalue weighted by molar-refractivity contribution is 5.88. The Morgan fingerprint density at radius 1 is 1.10 bits per heavy atom. The lowest BCUT2D eigenvalue weighted by Gasteiger charge is -2.13. The number of aromatic nitrogens is 1. The van der Waals surface area contributed by atoms with Crippen LogP contribution in [0.25, 0.3) is 0 Å². The molecule has 2 aromatic rings. The zero-order chi connectivity index (χ0) is 14.7. The van der Waals surface area contributed by atoms with Crippen LogP contribution in [0.4, 0.5) is 17.2 Å². The van der Waals surface area contributed by atoms with Crippen LogP contribution in [0.15, 0.2) is 30.5 Å². The minimum atomic E-state index is -0.0993. The van der Waals surface area contributed by atoms with E-state index < -0.39 is 0 Å². The fourth-order valence-electron chi connectivity index (χ4n) is 2.25. The number of benzene rings is 1. The van der Waals surface area contributed by atoms with Crippen molar-refractivity contribution in [1.29, 1.82) is 0 Å². The molecule has 0 aliphatic carbocycles. The van der Waals surface area contributed by atoms with Crippen LogP contribution >= 0.6 is 0 Å². The fraction of sp³-hybridized carbons (Fsp3) is 0.250. The molecule has 20 heavy (non-hydrogen) atoms. The molecule has 0 saturated carbocycles. The van der Waals surface area contributed by atoms with Gasteiger partial charge < -0.3 is 10.6 Å².